The van der Waals surface area contributed by atoms with Gasteiger partial charge in [0.2, 0.25) is 0 Å². The number of benzene rings is 1. The Morgan fingerprint density at radius 1 is 1.62 bits per heavy atom. The molecule has 0 fully saturated rings. The van der Waals surface area contributed by atoms with Crippen LogP contribution in [0.4, 0.5) is 4.39 Å². The minimum atomic E-state index is -0.568. The average Bonchev–Trinajstić information content (AvgIpc) is 2.08. The van der Waals surface area contributed by atoms with E-state index in [-0.39, 0.29) is 11.6 Å². The number of carbonyl (C=O) groups excluding carboxylic acids is 1. The van der Waals surface area contributed by atoms with Crippen LogP contribution in [-0.2, 0) is 0 Å². The summed E-state index contributed by atoms with van der Waals surface area (Å²) in [5.41, 5.74) is 0.452. The van der Waals surface area contributed by atoms with Gasteiger partial charge in [0.1, 0.15) is 5.82 Å². The Morgan fingerprint density at radius 3 is 2.69 bits per heavy atom. The predicted molar refractivity (Wildman–Crippen MR) is 58.8 cm³/mol. The molecule has 0 saturated carbocycles. The summed E-state index contributed by atoms with van der Waals surface area (Å²) in [7, 11) is 0. The maximum atomic E-state index is 12.8. The van der Waals surface area contributed by atoms with Gasteiger partial charge in [0.25, 0.3) is 0 Å². The van der Waals surface area contributed by atoms with Crippen LogP contribution in [0, 0.1) is 9.39 Å². The molecule has 1 unspecified atom stereocenters. The first-order chi connectivity index (χ1) is 6.02. The number of carbonyl (C=O) groups is 1. The summed E-state index contributed by atoms with van der Waals surface area (Å²) in [6.45, 7) is 1.60. The Bertz CT molecular complexity index is 338. The molecule has 0 aliphatic rings. The largest absolute Gasteiger partial charge is 0.293 e. The molecule has 4 heteroatoms. The van der Waals surface area contributed by atoms with E-state index in [2.05, 4.69) is 0 Å². The van der Waals surface area contributed by atoms with Gasteiger partial charge in [-0.2, -0.15) is 0 Å². The van der Waals surface area contributed by atoms with Crippen molar-refractivity contribution in [3.05, 3.63) is 33.1 Å². The van der Waals surface area contributed by atoms with Crippen molar-refractivity contribution in [2.45, 2.75) is 12.3 Å². The van der Waals surface area contributed by atoms with Crippen molar-refractivity contribution in [1.82, 2.24) is 0 Å². The third-order valence-electron chi connectivity index (χ3n) is 1.57. The van der Waals surface area contributed by atoms with Gasteiger partial charge in [-0.1, -0.05) is 0 Å². The summed E-state index contributed by atoms with van der Waals surface area (Å²) in [5.74, 6) is -0.501. The molecule has 1 aromatic rings. The molecule has 0 spiro atoms. The molecular formula is C9H7ClFIO. The Kier molecular flexibility index (Phi) is 3.67. The van der Waals surface area contributed by atoms with Gasteiger partial charge >= 0.3 is 0 Å². The van der Waals surface area contributed by atoms with E-state index in [0.717, 1.165) is 0 Å². The van der Waals surface area contributed by atoms with Crippen LogP contribution in [0.2, 0.25) is 0 Å². The van der Waals surface area contributed by atoms with Crippen molar-refractivity contribution in [3.8, 4) is 0 Å². The molecule has 13 heavy (non-hydrogen) atoms. The second-order valence-corrected chi connectivity index (χ2v) is 4.43. The molecule has 1 atom stereocenters. The molecule has 0 heterocycles. The van der Waals surface area contributed by atoms with Crippen molar-refractivity contribution in [2.75, 3.05) is 0 Å². The Hall–Kier alpha value is -0.160. The minimum absolute atomic E-state index is 0.181. The minimum Gasteiger partial charge on any atom is -0.293 e. The molecule has 0 radical (unpaired) electrons. The monoisotopic (exact) mass is 312 g/mol. The summed E-state index contributed by atoms with van der Waals surface area (Å²) in [6, 6.07) is 4.21. The third kappa shape index (κ3) is 2.64. The lowest BCUT2D eigenvalue weighted by Crippen LogP contribution is -2.10. The highest BCUT2D eigenvalue weighted by molar-refractivity contribution is 14.1. The van der Waals surface area contributed by atoms with E-state index in [0.29, 0.717) is 9.13 Å². The zero-order chi connectivity index (χ0) is 10.0. The van der Waals surface area contributed by atoms with Crippen molar-refractivity contribution < 1.29 is 9.18 Å². The highest BCUT2D eigenvalue weighted by Crippen LogP contribution is 2.15. The first-order valence-electron chi connectivity index (χ1n) is 3.65. The zero-order valence-corrected chi connectivity index (χ0v) is 9.76. The third-order valence-corrected chi connectivity index (χ3v) is 2.59. The molecule has 0 aliphatic carbocycles. The molecule has 0 aliphatic heterocycles. The summed E-state index contributed by atoms with van der Waals surface area (Å²) in [5, 5.41) is -0.568. The van der Waals surface area contributed by atoms with Gasteiger partial charge in [-0.25, -0.2) is 4.39 Å². The fraction of sp³-hybridized carbons (Fsp3) is 0.222. The fourth-order valence-electron chi connectivity index (χ4n) is 0.879. The van der Waals surface area contributed by atoms with Gasteiger partial charge in [-0.15, -0.1) is 11.6 Å². The normalized spacial score (nSPS) is 12.6. The van der Waals surface area contributed by atoms with Gasteiger partial charge in [0.15, 0.2) is 5.78 Å². The molecule has 0 amide bonds. The van der Waals surface area contributed by atoms with Gasteiger partial charge in [0, 0.05) is 9.13 Å². The highest BCUT2D eigenvalue weighted by atomic mass is 127. The number of Topliss-reactive ketones (excluding diaryl/α,β-unsaturated/α-hetero) is 1. The predicted octanol–water partition coefficient (Wildman–Crippen LogP) is 3.24. The average molecular weight is 313 g/mol. The summed E-state index contributed by atoms with van der Waals surface area (Å²) in [6.07, 6.45) is 0. The van der Waals surface area contributed by atoms with E-state index < -0.39 is 5.38 Å². The van der Waals surface area contributed by atoms with E-state index >= 15 is 0 Å². The van der Waals surface area contributed by atoms with Crippen LogP contribution in [-0.4, -0.2) is 11.2 Å². The molecule has 70 valence electrons. The van der Waals surface area contributed by atoms with E-state index in [1.54, 1.807) is 6.92 Å². The van der Waals surface area contributed by atoms with Crippen molar-refractivity contribution in [2.24, 2.45) is 0 Å². The molecular weight excluding hydrogens is 305 g/mol. The van der Waals surface area contributed by atoms with Gasteiger partial charge in [-0.05, 0) is 47.7 Å². The molecule has 0 aromatic heterocycles. The Morgan fingerprint density at radius 2 is 2.23 bits per heavy atom. The van der Waals surface area contributed by atoms with Gasteiger partial charge in [-0.3, -0.25) is 4.79 Å². The zero-order valence-electron chi connectivity index (χ0n) is 6.85. The van der Waals surface area contributed by atoms with Crippen LogP contribution in [0.25, 0.3) is 0 Å². The van der Waals surface area contributed by atoms with Gasteiger partial charge < -0.3 is 0 Å². The molecule has 1 rings (SSSR count). The van der Waals surface area contributed by atoms with Crippen molar-refractivity contribution in [1.29, 1.82) is 0 Å². The Labute approximate surface area is 94.4 Å². The van der Waals surface area contributed by atoms with E-state index in [1.165, 1.54) is 18.2 Å². The highest BCUT2D eigenvalue weighted by Gasteiger charge is 2.13. The second-order valence-electron chi connectivity index (χ2n) is 2.61. The quantitative estimate of drug-likeness (QED) is 0.465. The van der Waals surface area contributed by atoms with Gasteiger partial charge in [0.05, 0.1) is 5.38 Å². The van der Waals surface area contributed by atoms with Crippen LogP contribution in [0.3, 0.4) is 0 Å². The number of alkyl halides is 1. The molecule has 0 N–H and O–H groups in total. The SMILES string of the molecule is CC(Cl)C(=O)c1ccc(F)c(I)c1. The van der Waals surface area contributed by atoms with E-state index in [1.807, 2.05) is 22.6 Å². The van der Waals surface area contributed by atoms with Crippen LogP contribution in [0.5, 0.6) is 0 Å². The molecule has 1 nitrogen and oxygen atoms in total. The number of rotatable bonds is 2. The summed E-state index contributed by atoms with van der Waals surface area (Å²) in [4.78, 5) is 11.4. The Balaban J connectivity index is 3.04. The standard InChI is InChI=1S/C9H7ClFIO/c1-5(10)9(13)6-2-3-7(11)8(12)4-6/h2-5H,1H3. The van der Waals surface area contributed by atoms with Crippen LogP contribution < -0.4 is 0 Å². The molecule has 0 bridgehead atoms. The number of halogens is 3. The maximum Gasteiger partial charge on any atom is 0.180 e. The first-order valence-corrected chi connectivity index (χ1v) is 5.17. The number of hydrogen-bond donors (Lipinski definition) is 0. The molecule has 0 saturated heterocycles. The van der Waals surface area contributed by atoms with Crippen LogP contribution >= 0.6 is 34.2 Å². The topological polar surface area (TPSA) is 17.1 Å². The number of hydrogen-bond acceptors (Lipinski definition) is 1. The van der Waals surface area contributed by atoms with Crippen LogP contribution in [0.1, 0.15) is 17.3 Å². The van der Waals surface area contributed by atoms with Crippen molar-refractivity contribution >= 4 is 40.0 Å². The number of ketones is 1. The smallest absolute Gasteiger partial charge is 0.180 e. The lowest BCUT2D eigenvalue weighted by Gasteiger charge is -2.03. The van der Waals surface area contributed by atoms with Crippen molar-refractivity contribution in [3.63, 3.8) is 0 Å². The lowest BCUT2D eigenvalue weighted by molar-refractivity contribution is 0.0991. The first kappa shape index (κ1) is 10.9. The maximum absolute atomic E-state index is 12.8. The summed E-state index contributed by atoms with van der Waals surface area (Å²) >= 11 is 7.45. The van der Waals surface area contributed by atoms with Crippen LogP contribution in [0.15, 0.2) is 18.2 Å². The summed E-state index contributed by atoms with van der Waals surface area (Å²) < 4.78 is 13.2. The van der Waals surface area contributed by atoms with E-state index in [9.17, 15) is 9.18 Å². The fourth-order valence-corrected chi connectivity index (χ4v) is 1.52. The second kappa shape index (κ2) is 4.37. The van der Waals surface area contributed by atoms with E-state index in [4.69, 9.17) is 11.6 Å². The molecule has 1 aromatic carbocycles. The lowest BCUT2D eigenvalue weighted by atomic mass is 10.1.